The fraction of sp³-hybridized carbons (Fsp3) is 0.188. The third-order valence-corrected chi connectivity index (χ3v) is 3.37. The molecule has 1 N–H and O–H groups in total. The predicted octanol–water partition coefficient (Wildman–Crippen LogP) is 4.47. The fourth-order valence-corrected chi connectivity index (χ4v) is 2.11. The number of alkyl halides is 1. The van der Waals surface area contributed by atoms with E-state index >= 15 is 0 Å². The van der Waals surface area contributed by atoms with Crippen LogP contribution in [-0.4, -0.2) is 11.2 Å². The Morgan fingerprint density at radius 3 is 2.21 bits per heavy atom. The van der Waals surface area contributed by atoms with Gasteiger partial charge in [0.1, 0.15) is 0 Å². The molecule has 0 heterocycles. The number of anilines is 1. The highest BCUT2D eigenvalue weighted by atomic mass is 79.9. The molecule has 98 valence electrons. The number of nitrogens with one attached hydrogen (secondary N) is 1. The normalized spacial score (nSPS) is 10.2. The quantitative estimate of drug-likeness (QED) is 0.810. The molecular formula is C16H16BrNO. The van der Waals surface area contributed by atoms with Gasteiger partial charge in [0.25, 0.3) is 0 Å². The average molecular weight is 318 g/mol. The van der Waals surface area contributed by atoms with Crippen molar-refractivity contribution < 1.29 is 4.79 Å². The molecule has 0 unspecified atom stereocenters. The molecule has 0 saturated heterocycles. The lowest BCUT2D eigenvalue weighted by molar-refractivity contribution is -0.116. The molecule has 0 radical (unpaired) electrons. The van der Waals surface area contributed by atoms with Crippen LogP contribution in [0.2, 0.25) is 0 Å². The average Bonchev–Trinajstić information content (AvgIpc) is 2.47. The van der Waals surface area contributed by atoms with E-state index in [-0.39, 0.29) is 5.91 Å². The maximum absolute atomic E-state index is 11.6. The van der Waals surface area contributed by atoms with Crippen LogP contribution in [0, 0.1) is 0 Å². The second-order valence-corrected chi connectivity index (χ2v) is 5.08. The number of hydrogen-bond donors (Lipinski definition) is 1. The summed E-state index contributed by atoms with van der Waals surface area (Å²) in [5.74, 6) is 0.0620. The van der Waals surface area contributed by atoms with Crippen molar-refractivity contribution in [2.45, 2.75) is 12.8 Å². The highest BCUT2D eigenvalue weighted by molar-refractivity contribution is 9.09. The van der Waals surface area contributed by atoms with Crippen molar-refractivity contribution in [3.8, 4) is 11.1 Å². The van der Waals surface area contributed by atoms with Gasteiger partial charge in [-0.25, -0.2) is 0 Å². The molecule has 0 aliphatic rings. The molecule has 0 aromatic heterocycles. The van der Waals surface area contributed by atoms with Crippen molar-refractivity contribution in [3.63, 3.8) is 0 Å². The third-order valence-electron chi connectivity index (χ3n) is 2.81. The zero-order chi connectivity index (χ0) is 13.5. The van der Waals surface area contributed by atoms with Gasteiger partial charge in [-0.2, -0.15) is 0 Å². The highest BCUT2D eigenvalue weighted by Gasteiger charge is 2.02. The van der Waals surface area contributed by atoms with Crippen molar-refractivity contribution in [2.24, 2.45) is 0 Å². The number of carbonyl (C=O) groups excluding carboxylic acids is 1. The van der Waals surface area contributed by atoms with Crippen molar-refractivity contribution >= 4 is 27.5 Å². The van der Waals surface area contributed by atoms with E-state index in [1.54, 1.807) is 0 Å². The van der Waals surface area contributed by atoms with E-state index in [4.69, 9.17) is 0 Å². The number of benzene rings is 2. The van der Waals surface area contributed by atoms with Crippen LogP contribution in [0.25, 0.3) is 11.1 Å². The summed E-state index contributed by atoms with van der Waals surface area (Å²) in [7, 11) is 0. The van der Waals surface area contributed by atoms with E-state index in [0.717, 1.165) is 23.0 Å². The first-order valence-electron chi connectivity index (χ1n) is 6.31. The van der Waals surface area contributed by atoms with Gasteiger partial charge in [0.15, 0.2) is 0 Å². The summed E-state index contributed by atoms with van der Waals surface area (Å²) in [6.07, 6.45) is 1.40. The van der Waals surface area contributed by atoms with Crippen molar-refractivity contribution in [2.75, 3.05) is 10.6 Å². The zero-order valence-corrected chi connectivity index (χ0v) is 12.2. The first-order valence-corrected chi connectivity index (χ1v) is 7.43. The number of hydrogen-bond acceptors (Lipinski definition) is 1. The standard InChI is InChI=1S/C16H16BrNO/c17-12-4-7-16(19)18-15-10-8-14(9-11-15)13-5-2-1-3-6-13/h1-3,5-6,8-11H,4,7,12H2,(H,18,19). The molecule has 0 spiro atoms. The smallest absolute Gasteiger partial charge is 0.224 e. The van der Waals surface area contributed by atoms with E-state index < -0.39 is 0 Å². The monoisotopic (exact) mass is 317 g/mol. The Bertz CT molecular complexity index is 522. The van der Waals surface area contributed by atoms with Gasteiger partial charge in [-0.1, -0.05) is 58.4 Å². The lowest BCUT2D eigenvalue weighted by Gasteiger charge is -2.06. The van der Waals surface area contributed by atoms with Crippen molar-refractivity contribution in [1.82, 2.24) is 0 Å². The molecule has 0 aliphatic carbocycles. The lowest BCUT2D eigenvalue weighted by atomic mass is 10.1. The van der Waals surface area contributed by atoms with Gasteiger partial charge in [0.2, 0.25) is 5.91 Å². The molecule has 0 fully saturated rings. The second-order valence-electron chi connectivity index (χ2n) is 4.28. The largest absolute Gasteiger partial charge is 0.326 e. The van der Waals surface area contributed by atoms with Crippen LogP contribution in [-0.2, 0) is 4.79 Å². The van der Waals surface area contributed by atoms with Crippen LogP contribution in [0.4, 0.5) is 5.69 Å². The van der Waals surface area contributed by atoms with E-state index in [1.165, 1.54) is 5.56 Å². The molecule has 2 nitrogen and oxygen atoms in total. The summed E-state index contributed by atoms with van der Waals surface area (Å²) >= 11 is 3.32. The fourth-order valence-electron chi connectivity index (χ4n) is 1.83. The molecule has 2 aromatic rings. The second kappa shape index (κ2) is 7.10. The van der Waals surface area contributed by atoms with Gasteiger partial charge in [-0.05, 0) is 29.7 Å². The molecule has 2 rings (SSSR count). The Morgan fingerprint density at radius 1 is 0.947 bits per heavy atom. The zero-order valence-electron chi connectivity index (χ0n) is 10.6. The number of carbonyl (C=O) groups is 1. The SMILES string of the molecule is O=C(CCCBr)Nc1ccc(-c2ccccc2)cc1. The topological polar surface area (TPSA) is 29.1 Å². The number of amides is 1. The Balaban J connectivity index is 2.01. The van der Waals surface area contributed by atoms with Gasteiger partial charge in [0.05, 0.1) is 0 Å². The van der Waals surface area contributed by atoms with Crippen molar-refractivity contribution in [3.05, 3.63) is 54.6 Å². The van der Waals surface area contributed by atoms with Gasteiger partial charge < -0.3 is 5.32 Å². The minimum Gasteiger partial charge on any atom is -0.326 e. The van der Waals surface area contributed by atoms with Gasteiger partial charge >= 0.3 is 0 Å². The maximum atomic E-state index is 11.6. The van der Waals surface area contributed by atoms with Crippen LogP contribution in [0.15, 0.2) is 54.6 Å². The van der Waals surface area contributed by atoms with Gasteiger partial charge in [0, 0.05) is 17.4 Å². The Kier molecular flexibility index (Phi) is 5.16. The molecule has 3 heteroatoms. The molecule has 2 aromatic carbocycles. The molecule has 19 heavy (non-hydrogen) atoms. The first-order chi connectivity index (χ1) is 9.29. The lowest BCUT2D eigenvalue weighted by Crippen LogP contribution is -2.11. The summed E-state index contributed by atoms with van der Waals surface area (Å²) in [6, 6.07) is 18.1. The minimum absolute atomic E-state index is 0.0620. The summed E-state index contributed by atoms with van der Waals surface area (Å²) < 4.78 is 0. The van der Waals surface area contributed by atoms with Crippen LogP contribution in [0.1, 0.15) is 12.8 Å². The van der Waals surface area contributed by atoms with Gasteiger partial charge in [-0.3, -0.25) is 4.79 Å². The minimum atomic E-state index is 0.0620. The Labute approximate surface area is 122 Å². The van der Waals surface area contributed by atoms with Crippen LogP contribution in [0.5, 0.6) is 0 Å². The molecule has 1 amide bonds. The van der Waals surface area contributed by atoms with Crippen LogP contribution < -0.4 is 5.32 Å². The van der Waals surface area contributed by atoms with Gasteiger partial charge in [-0.15, -0.1) is 0 Å². The first kappa shape index (κ1) is 13.8. The number of halogens is 1. The van der Waals surface area contributed by atoms with E-state index in [0.29, 0.717) is 6.42 Å². The van der Waals surface area contributed by atoms with E-state index in [9.17, 15) is 4.79 Å². The molecule has 0 saturated carbocycles. The predicted molar refractivity (Wildman–Crippen MR) is 83.5 cm³/mol. The van der Waals surface area contributed by atoms with Crippen molar-refractivity contribution in [1.29, 1.82) is 0 Å². The Morgan fingerprint density at radius 2 is 1.58 bits per heavy atom. The van der Waals surface area contributed by atoms with Crippen LogP contribution >= 0.6 is 15.9 Å². The summed E-state index contributed by atoms with van der Waals surface area (Å²) in [6.45, 7) is 0. The maximum Gasteiger partial charge on any atom is 0.224 e. The van der Waals surface area contributed by atoms with Crippen LogP contribution in [0.3, 0.4) is 0 Å². The third kappa shape index (κ3) is 4.21. The molecule has 0 atom stereocenters. The summed E-state index contributed by atoms with van der Waals surface area (Å²) in [4.78, 5) is 11.6. The van der Waals surface area contributed by atoms with E-state index in [2.05, 4.69) is 33.4 Å². The number of rotatable bonds is 5. The Hall–Kier alpha value is -1.61. The molecular weight excluding hydrogens is 302 g/mol. The summed E-state index contributed by atoms with van der Waals surface area (Å²) in [5, 5.41) is 3.75. The molecule has 0 bridgehead atoms. The highest BCUT2D eigenvalue weighted by Crippen LogP contribution is 2.21. The molecule has 0 aliphatic heterocycles. The van der Waals surface area contributed by atoms with E-state index in [1.807, 2.05) is 42.5 Å². The summed E-state index contributed by atoms with van der Waals surface area (Å²) in [5.41, 5.74) is 3.18.